The normalized spacial score (nSPS) is 10.7. The number of aliphatic hydroxyl groups excluding tert-OH is 1. The van der Waals surface area contributed by atoms with E-state index in [2.05, 4.69) is 9.79 Å². The number of fused-ring (bicyclic) bond motifs is 1. The lowest BCUT2D eigenvalue weighted by Gasteiger charge is -2.03. The Balaban J connectivity index is 2.04. The van der Waals surface area contributed by atoms with Gasteiger partial charge in [-0.15, -0.1) is 0 Å². The third-order valence-corrected chi connectivity index (χ3v) is 2.41. The molecule has 1 aromatic carbocycles. The van der Waals surface area contributed by atoms with Crippen molar-refractivity contribution in [3.63, 3.8) is 0 Å². The van der Waals surface area contributed by atoms with E-state index in [-0.39, 0.29) is 23.6 Å². The highest BCUT2D eigenvalue weighted by Crippen LogP contribution is 2.11. The lowest BCUT2D eigenvalue weighted by Crippen LogP contribution is -2.22. The average Bonchev–Trinajstić information content (AvgIpc) is 2.76. The van der Waals surface area contributed by atoms with Crippen molar-refractivity contribution in [2.75, 3.05) is 13.2 Å². The van der Waals surface area contributed by atoms with Crippen molar-refractivity contribution in [2.45, 2.75) is 12.8 Å². The van der Waals surface area contributed by atoms with Crippen LogP contribution in [0.5, 0.6) is 0 Å². The van der Waals surface area contributed by atoms with Gasteiger partial charge in [0.25, 0.3) is 0 Å². The van der Waals surface area contributed by atoms with Gasteiger partial charge in [-0.3, -0.25) is 4.63 Å². The van der Waals surface area contributed by atoms with Crippen molar-refractivity contribution < 1.29 is 24.2 Å². The third kappa shape index (κ3) is 2.57. The van der Waals surface area contributed by atoms with E-state index in [1.54, 1.807) is 0 Å². The van der Waals surface area contributed by atoms with Crippen molar-refractivity contribution in [3.8, 4) is 0 Å². The summed E-state index contributed by atoms with van der Waals surface area (Å²) in [5, 5.41) is 23.1. The SMILES string of the molecule is O=C(OCCCCO)c1ccc2c(c1)no[n+]2[O-]. The Morgan fingerprint density at radius 1 is 1.50 bits per heavy atom. The molecule has 0 saturated heterocycles. The van der Waals surface area contributed by atoms with Crippen LogP contribution < -0.4 is 4.90 Å². The second-order valence-electron chi connectivity index (χ2n) is 3.70. The zero-order valence-electron chi connectivity index (χ0n) is 9.54. The zero-order chi connectivity index (χ0) is 13.0. The number of aromatic nitrogens is 2. The highest BCUT2D eigenvalue weighted by atomic mass is 16.8. The Morgan fingerprint density at radius 3 is 3.11 bits per heavy atom. The summed E-state index contributed by atoms with van der Waals surface area (Å²) in [5.41, 5.74) is 0.863. The molecule has 1 N–H and O–H groups in total. The van der Waals surface area contributed by atoms with Crippen LogP contribution in [0.15, 0.2) is 22.8 Å². The van der Waals surface area contributed by atoms with Gasteiger partial charge in [0.1, 0.15) is 0 Å². The second-order valence-corrected chi connectivity index (χ2v) is 3.70. The lowest BCUT2D eigenvalue weighted by molar-refractivity contribution is -0.782. The molecule has 0 saturated carbocycles. The fraction of sp³-hybridized carbons (Fsp3) is 0.364. The van der Waals surface area contributed by atoms with E-state index in [1.165, 1.54) is 18.2 Å². The molecule has 2 rings (SSSR count). The van der Waals surface area contributed by atoms with Crippen molar-refractivity contribution in [2.24, 2.45) is 0 Å². The molecule has 7 nitrogen and oxygen atoms in total. The fourth-order valence-corrected chi connectivity index (χ4v) is 1.47. The first-order valence-electron chi connectivity index (χ1n) is 5.50. The Kier molecular flexibility index (Phi) is 3.73. The molecular formula is C11H12N2O5. The van der Waals surface area contributed by atoms with Crippen LogP contribution in [0.2, 0.25) is 0 Å². The number of rotatable bonds is 5. The molecule has 7 heteroatoms. The molecule has 0 amide bonds. The molecule has 2 aromatic rings. The van der Waals surface area contributed by atoms with Gasteiger partial charge in [-0.25, -0.2) is 4.79 Å². The van der Waals surface area contributed by atoms with Crippen LogP contribution in [0.1, 0.15) is 23.2 Å². The zero-order valence-corrected chi connectivity index (χ0v) is 9.54. The van der Waals surface area contributed by atoms with Crippen LogP contribution in [0.3, 0.4) is 0 Å². The first-order valence-corrected chi connectivity index (χ1v) is 5.50. The molecule has 1 heterocycles. The van der Waals surface area contributed by atoms with Gasteiger partial charge in [-0.1, -0.05) is 0 Å². The van der Waals surface area contributed by atoms with E-state index < -0.39 is 5.97 Å². The van der Waals surface area contributed by atoms with Gasteiger partial charge in [-0.2, -0.15) is 0 Å². The molecular weight excluding hydrogens is 240 g/mol. The molecule has 0 atom stereocenters. The summed E-state index contributed by atoms with van der Waals surface area (Å²) < 4.78 is 9.39. The Labute approximate surface area is 102 Å². The van der Waals surface area contributed by atoms with E-state index in [0.717, 1.165) is 0 Å². The minimum atomic E-state index is -0.490. The molecule has 0 bridgehead atoms. The Hall–Kier alpha value is -2.15. The molecule has 0 spiro atoms. The first kappa shape index (κ1) is 12.3. The number of ether oxygens (including phenoxy) is 1. The summed E-state index contributed by atoms with van der Waals surface area (Å²) >= 11 is 0. The van der Waals surface area contributed by atoms with E-state index in [4.69, 9.17) is 9.84 Å². The highest BCUT2D eigenvalue weighted by molar-refractivity contribution is 5.92. The van der Waals surface area contributed by atoms with E-state index >= 15 is 0 Å². The molecule has 18 heavy (non-hydrogen) atoms. The third-order valence-electron chi connectivity index (χ3n) is 2.41. The van der Waals surface area contributed by atoms with Crippen molar-refractivity contribution in [1.82, 2.24) is 5.16 Å². The van der Waals surface area contributed by atoms with Crippen molar-refractivity contribution in [1.29, 1.82) is 0 Å². The van der Waals surface area contributed by atoms with Crippen LogP contribution in [0.25, 0.3) is 11.0 Å². The van der Waals surface area contributed by atoms with Gasteiger partial charge in [0, 0.05) is 17.8 Å². The maximum absolute atomic E-state index is 11.6. The number of hydrogen-bond donors (Lipinski definition) is 1. The van der Waals surface area contributed by atoms with Gasteiger partial charge >= 0.3 is 5.97 Å². The Bertz CT molecular complexity index is 551. The molecule has 0 radical (unpaired) electrons. The topological polar surface area (TPSA) is 99.5 Å². The van der Waals surface area contributed by atoms with E-state index in [1.807, 2.05) is 0 Å². The minimum absolute atomic E-state index is 0.0753. The van der Waals surface area contributed by atoms with Crippen LogP contribution in [0.4, 0.5) is 0 Å². The van der Waals surface area contributed by atoms with Crippen LogP contribution in [-0.4, -0.2) is 29.4 Å². The van der Waals surface area contributed by atoms with Gasteiger partial charge < -0.3 is 15.1 Å². The predicted molar refractivity (Wildman–Crippen MR) is 59.6 cm³/mol. The van der Waals surface area contributed by atoms with Crippen LogP contribution in [0, 0.1) is 5.21 Å². The number of carbonyl (C=O) groups is 1. The van der Waals surface area contributed by atoms with Gasteiger partial charge in [0.2, 0.25) is 11.0 Å². The minimum Gasteiger partial charge on any atom is -0.462 e. The number of nitrogens with zero attached hydrogens (tertiary/aromatic N) is 2. The molecule has 96 valence electrons. The van der Waals surface area contributed by atoms with Gasteiger partial charge in [0.15, 0.2) is 0 Å². The predicted octanol–water partition coefficient (Wildman–Crippen LogP) is 0.391. The summed E-state index contributed by atoms with van der Waals surface area (Å²) in [5.74, 6) is -0.490. The van der Waals surface area contributed by atoms with E-state index in [0.29, 0.717) is 23.9 Å². The van der Waals surface area contributed by atoms with Crippen LogP contribution in [-0.2, 0) is 4.74 Å². The molecule has 0 aliphatic carbocycles. The highest BCUT2D eigenvalue weighted by Gasteiger charge is 2.14. The summed E-state index contributed by atoms with van der Waals surface area (Å²) in [7, 11) is 0. The Morgan fingerprint density at radius 2 is 2.33 bits per heavy atom. The number of benzene rings is 1. The van der Waals surface area contributed by atoms with Gasteiger partial charge in [0.05, 0.1) is 12.2 Å². The molecule has 0 aliphatic rings. The van der Waals surface area contributed by atoms with Crippen LogP contribution >= 0.6 is 0 Å². The molecule has 0 aliphatic heterocycles. The number of unbranched alkanes of at least 4 members (excludes halogenated alkanes) is 1. The maximum Gasteiger partial charge on any atom is 0.338 e. The summed E-state index contributed by atoms with van der Waals surface area (Å²) in [6, 6.07) is 4.35. The molecule has 0 unspecified atom stereocenters. The fourth-order valence-electron chi connectivity index (χ4n) is 1.47. The number of carbonyl (C=O) groups excluding carboxylic acids is 1. The monoisotopic (exact) mass is 252 g/mol. The lowest BCUT2D eigenvalue weighted by atomic mass is 10.2. The second kappa shape index (κ2) is 5.46. The van der Waals surface area contributed by atoms with E-state index in [9.17, 15) is 10.0 Å². The largest absolute Gasteiger partial charge is 0.462 e. The quantitative estimate of drug-likeness (QED) is 0.469. The summed E-state index contributed by atoms with van der Waals surface area (Å²) in [6.07, 6.45) is 1.20. The first-order chi connectivity index (χ1) is 8.72. The standard InChI is InChI=1S/C11H12N2O5/c14-5-1-2-6-17-11(15)8-3-4-10-9(7-8)12-18-13(10)16/h3-4,7,14H,1-2,5-6H2. The molecule has 0 fully saturated rings. The number of esters is 1. The number of aliphatic hydroxyl groups is 1. The molecule has 1 aromatic heterocycles. The summed E-state index contributed by atoms with van der Waals surface area (Å²) in [4.78, 5) is 11.9. The van der Waals surface area contributed by atoms with Crippen molar-refractivity contribution >= 4 is 17.0 Å². The maximum atomic E-state index is 11.6. The summed E-state index contributed by atoms with van der Waals surface area (Å²) in [6.45, 7) is 0.323. The van der Waals surface area contributed by atoms with Gasteiger partial charge in [-0.05, 0) is 29.9 Å². The van der Waals surface area contributed by atoms with Crippen molar-refractivity contribution in [3.05, 3.63) is 29.0 Å². The number of hydrogen-bond acceptors (Lipinski definition) is 6. The average molecular weight is 252 g/mol. The smallest absolute Gasteiger partial charge is 0.338 e.